The summed E-state index contributed by atoms with van der Waals surface area (Å²) in [5.41, 5.74) is 1.40. The van der Waals surface area contributed by atoms with Crippen molar-refractivity contribution in [1.82, 2.24) is 0 Å². The Morgan fingerprint density at radius 1 is 1.43 bits per heavy atom. The Bertz CT molecular complexity index is 274. The molecule has 0 amide bonds. The van der Waals surface area contributed by atoms with E-state index in [1.807, 2.05) is 0 Å². The highest BCUT2D eigenvalue weighted by atomic mass is 16.7. The van der Waals surface area contributed by atoms with Crippen molar-refractivity contribution in [3.63, 3.8) is 0 Å². The van der Waals surface area contributed by atoms with Crippen LogP contribution in [0.15, 0.2) is 11.6 Å². The minimum Gasteiger partial charge on any atom is -0.388 e. The first-order valence-corrected chi connectivity index (χ1v) is 5.36. The van der Waals surface area contributed by atoms with Crippen LogP contribution in [0.2, 0.25) is 0 Å². The first-order valence-electron chi connectivity index (χ1n) is 5.36. The lowest BCUT2D eigenvalue weighted by molar-refractivity contribution is -0.194. The molecule has 0 radical (unpaired) electrons. The van der Waals surface area contributed by atoms with Crippen molar-refractivity contribution in [2.45, 2.75) is 38.3 Å². The van der Waals surface area contributed by atoms with Crippen LogP contribution in [0.5, 0.6) is 0 Å². The van der Waals surface area contributed by atoms with E-state index in [-0.39, 0.29) is 12.4 Å². The number of fused-ring (bicyclic) bond motifs is 4. The standard InChI is InChI=1S/C11H16O3/c1-6-2-3-7-8(4-6)10(12)11-13-5-9(7)14-11/h2,7-12H,3-5H2,1H3. The van der Waals surface area contributed by atoms with Crippen LogP contribution < -0.4 is 0 Å². The fourth-order valence-corrected chi connectivity index (χ4v) is 2.97. The van der Waals surface area contributed by atoms with Gasteiger partial charge in [-0.3, -0.25) is 0 Å². The Balaban J connectivity index is 1.89. The van der Waals surface area contributed by atoms with Gasteiger partial charge in [-0.15, -0.1) is 0 Å². The van der Waals surface area contributed by atoms with Crippen molar-refractivity contribution in [2.75, 3.05) is 6.61 Å². The Morgan fingerprint density at radius 3 is 3.14 bits per heavy atom. The Morgan fingerprint density at radius 2 is 2.29 bits per heavy atom. The molecule has 0 aromatic carbocycles. The normalized spacial score (nSPS) is 51.3. The van der Waals surface area contributed by atoms with Crippen LogP contribution in [0.25, 0.3) is 0 Å². The van der Waals surface area contributed by atoms with Gasteiger partial charge in [-0.05, 0) is 31.6 Å². The van der Waals surface area contributed by atoms with E-state index in [1.165, 1.54) is 5.57 Å². The van der Waals surface area contributed by atoms with E-state index in [9.17, 15) is 5.11 Å². The molecule has 3 heteroatoms. The minimum absolute atomic E-state index is 0.220. The second-order valence-corrected chi connectivity index (χ2v) is 4.68. The molecule has 2 bridgehead atoms. The highest BCUT2D eigenvalue weighted by molar-refractivity contribution is 5.10. The summed E-state index contributed by atoms with van der Waals surface area (Å²) in [5, 5.41) is 10.0. The van der Waals surface area contributed by atoms with Crippen LogP contribution >= 0.6 is 0 Å². The topological polar surface area (TPSA) is 38.7 Å². The van der Waals surface area contributed by atoms with E-state index in [4.69, 9.17) is 9.47 Å². The fourth-order valence-electron chi connectivity index (χ4n) is 2.97. The van der Waals surface area contributed by atoms with E-state index in [1.54, 1.807) is 0 Å². The van der Waals surface area contributed by atoms with Crippen molar-refractivity contribution in [3.8, 4) is 0 Å². The lowest BCUT2D eigenvalue weighted by Crippen LogP contribution is -2.47. The number of hydrogen-bond donors (Lipinski definition) is 1. The first-order chi connectivity index (χ1) is 6.75. The van der Waals surface area contributed by atoms with Gasteiger partial charge >= 0.3 is 0 Å². The van der Waals surface area contributed by atoms with Crippen LogP contribution in [-0.4, -0.2) is 30.2 Å². The zero-order valence-electron chi connectivity index (χ0n) is 8.35. The average Bonchev–Trinajstić information content (AvgIpc) is 2.61. The Hall–Kier alpha value is -0.380. The lowest BCUT2D eigenvalue weighted by Gasteiger charge is -2.41. The van der Waals surface area contributed by atoms with Crippen molar-refractivity contribution in [3.05, 3.63) is 11.6 Å². The smallest absolute Gasteiger partial charge is 0.184 e. The molecule has 5 unspecified atom stereocenters. The van der Waals surface area contributed by atoms with Gasteiger partial charge in [-0.1, -0.05) is 11.6 Å². The molecule has 14 heavy (non-hydrogen) atoms. The summed E-state index contributed by atoms with van der Waals surface area (Å²) < 4.78 is 11.0. The molecule has 0 saturated carbocycles. The second kappa shape index (κ2) is 3.05. The van der Waals surface area contributed by atoms with Gasteiger partial charge in [0.2, 0.25) is 0 Å². The molecular weight excluding hydrogens is 180 g/mol. The maximum Gasteiger partial charge on any atom is 0.184 e. The average molecular weight is 196 g/mol. The molecule has 3 rings (SSSR count). The van der Waals surface area contributed by atoms with Crippen LogP contribution in [0.1, 0.15) is 19.8 Å². The zero-order valence-corrected chi connectivity index (χ0v) is 8.35. The maximum atomic E-state index is 10.0. The molecule has 0 aromatic heterocycles. The summed E-state index contributed by atoms with van der Waals surface area (Å²) in [6, 6.07) is 0. The lowest BCUT2D eigenvalue weighted by atomic mass is 9.73. The molecule has 1 aliphatic carbocycles. The summed E-state index contributed by atoms with van der Waals surface area (Å²) in [7, 11) is 0. The number of ether oxygens (including phenoxy) is 2. The van der Waals surface area contributed by atoms with Gasteiger partial charge < -0.3 is 14.6 Å². The van der Waals surface area contributed by atoms with E-state index in [2.05, 4.69) is 13.0 Å². The van der Waals surface area contributed by atoms with E-state index < -0.39 is 6.10 Å². The molecule has 0 aromatic rings. The SMILES string of the molecule is CC1=CCC2C3COC(O3)C(O)C2C1. The summed E-state index contributed by atoms with van der Waals surface area (Å²) in [5.74, 6) is 0.818. The van der Waals surface area contributed by atoms with Gasteiger partial charge in [0.05, 0.1) is 12.7 Å². The monoisotopic (exact) mass is 196 g/mol. The van der Waals surface area contributed by atoms with Crippen molar-refractivity contribution < 1.29 is 14.6 Å². The Kier molecular flexibility index (Phi) is 1.94. The van der Waals surface area contributed by atoms with Gasteiger partial charge in [0.1, 0.15) is 6.10 Å². The predicted octanol–water partition coefficient (Wildman–Crippen LogP) is 1.07. The highest BCUT2D eigenvalue weighted by Crippen LogP contribution is 2.43. The molecule has 1 N–H and O–H groups in total. The highest BCUT2D eigenvalue weighted by Gasteiger charge is 2.49. The molecule has 2 saturated heterocycles. The third kappa shape index (κ3) is 1.16. The Labute approximate surface area is 83.7 Å². The number of allylic oxidation sites excluding steroid dienone is 2. The zero-order chi connectivity index (χ0) is 9.71. The number of hydrogen-bond acceptors (Lipinski definition) is 3. The fraction of sp³-hybridized carbons (Fsp3) is 0.818. The van der Waals surface area contributed by atoms with E-state index in [0.717, 1.165) is 12.8 Å². The number of aliphatic hydroxyl groups is 1. The number of rotatable bonds is 0. The van der Waals surface area contributed by atoms with Gasteiger partial charge in [-0.2, -0.15) is 0 Å². The first kappa shape index (κ1) is 8.89. The van der Waals surface area contributed by atoms with Crippen molar-refractivity contribution in [1.29, 1.82) is 0 Å². The van der Waals surface area contributed by atoms with E-state index in [0.29, 0.717) is 18.4 Å². The van der Waals surface area contributed by atoms with Crippen LogP contribution in [0.3, 0.4) is 0 Å². The van der Waals surface area contributed by atoms with Crippen molar-refractivity contribution >= 4 is 0 Å². The third-order valence-corrected chi connectivity index (χ3v) is 3.77. The molecule has 3 aliphatic rings. The molecule has 5 atom stereocenters. The largest absolute Gasteiger partial charge is 0.388 e. The van der Waals surface area contributed by atoms with Gasteiger partial charge in [-0.25, -0.2) is 0 Å². The second-order valence-electron chi connectivity index (χ2n) is 4.68. The van der Waals surface area contributed by atoms with E-state index >= 15 is 0 Å². The summed E-state index contributed by atoms with van der Waals surface area (Å²) in [6.45, 7) is 2.80. The molecule has 0 spiro atoms. The van der Waals surface area contributed by atoms with Crippen LogP contribution in [0.4, 0.5) is 0 Å². The predicted molar refractivity (Wildman–Crippen MR) is 50.6 cm³/mol. The van der Waals surface area contributed by atoms with Crippen LogP contribution in [-0.2, 0) is 9.47 Å². The summed E-state index contributed by atoms with van der Waals surface area (Å²) in [4.78, 5) is 0. The molecule has 2 aliphatic heterocycles. The quantitative estimate of drug-likeness (QED) is 0.589. The minimum atomic E-state index is -0.428. The van der Waals surface area contributed by atoms with Gasteiger partial charge in [0.15, 0.2) is 6.29 Å². The number of aliphatic hydroxyl groups excluding tert-OH is 1. The van der Waals surface area contributed by atoms with Gasteiger partial charge in [0, 0.05) is 0 Å². The molecule has 78 valence electrons. The van der Waals surface area contributed by atoms with Gasteiger partial charge in [0.25, 0.3) is 0 Å². The third-order valence-electron chi connectivity index (χ3n) is 3.77. The van der Waals surface area contributed by atoms with Crippen molar-refractivity contribution in [2.24, 2.45) is 11.8 Å². The summed E-state index contributed by atoms with van der Waals surface area (Å²) in [6.07, 6.45) is 3.75. The molecule has 2 fully saturated rings. The maximum absolute atomic E-state index is 10.0. The molecular formula is C11H16O3. The molecule has 3 nitrogen and oxygen atoms in total. The summed E-state index contributed by atoms with van der Waals surface area (Å²) >= 11 is 0. The van der Waals surface area contributed by atoms with Crippen LogP contribution in [0, 0.1) is 11.8 Å². The molecule has 2 heterocycles.